The molecule has 0 unspecified atom stereocenters. The third-order valence-corrected chi connectivity index (χ3v) is 3.77. The van der Waals surface area contributed by atoms with Gasteiger partial charge in [0.15, 0.2) is 11.5 Å². The Balaban J connectivity index is 2.18. The number of hydrogen-bond acceptors (Lipinski definition) is 3. The Bertz CT molecular complexity index is 600. The van der Waals surface area contributed by atoms with E-state index in [9.17, 15) is 0 Å². The third kappa shape index (κ3) is 4.67. The molecule has 2 rings (SSSR count). The van der Waals surface area contributed by atoms with Gasteiger partial charge in [-0.3, -0.25) is 0 Å². The Hall–Kier alpha value is -1.68. The van der Waals surface area contributed by atoms with Crippen LogP contribution in [0, 0.1) is 0 Å². The molecular weight excluding hydrogens is 342 g/mol. The lowest BCUT2D eigenvalue weighted by Crippen LogP contribution is -2.08. The van der Waals surface area contributed by atoms with Gasteiger partial charge in [0.25, 0.3) is 0 Å². The smallest absolute Gasteiger partial charge is 0.162 e. The van der Waals surface area contributed by atoms with Crippen LogP contribution >= 0.6 is 15.9 Å². The third-order valence-electron chi connectivity index (χ3n) is 3.03. The molecule has 4 heteroatoms. The van der Waals surface area contributed by atoms with Crippen LogP contribution in [0.1, 0.15) is 26.3 Å². The van der Waals surface area contributed by atoms with Crippen molar-refractivity contribution in [3.8, 4) is 11.5 Å². The average molecular weight is 364 g/mol. The van der Waals surface area contributed by atoms with Gasteiger partial charge >= 0.3 is 0 Å². The maximum Gasteiger partial charge on any atom is 0.162 e. The largest absolute Gasteiger partial charge is 0.490 e. The van der Waals surface area contributed by atoms with E-state index in [-0.39, 0.29) is 6.10 Å². The van der Waals surface area contributed by atoms with E-state index in [1.54, 1.807) is 0 Å². The van der Waals surface area contributed by atoms with E-state index in [2.05, 4.69) is 21.2 Å². The molecule has 22 heavy (non-hydrogen) atoms. The average Bonchev–Trinajstić information content (AvgIpc) is 2.49. The molecular formula is C18H22BrNO2. The first-order valence-electron chi connectivity index (χ1n) is 7.51. The molecule has 0 atom stereocenters. The van der Waals surface area contributed by atoms with Crippen molar-refractivity contribution in [3.63, 3.8) is 0 Å². The SMILES string of the molecule is CCOc1cc(CNc2ccccc2)c(Br)cc1OC(C)C. The zero-order valence-electron chi connectivity index (χ0n) is 13.2. The molecule has 0 spiro atoms. The minimum atomic E-state index is 0.111. The van der Waals surface area contributed by atoms with Gasteiger partial charge in [-0.25, -0.2) is 0 Å². The van der Waals surface area contributed by atoms with Crippen LogP contribution in [0.25, 0.3) is 0 Å². The molecule has 0 heterocycles. The summed E-state index contributed by atoms with van der Waals surface area (Å²) in [6.45, 7) is 7.32. The predicted octanol–water partition coefficient (Wildman–Crippen LogP) is 5.25. The molecule has 0 aliphatic heterocycles. The van der Waals surface area contributed by atoms with Crippen molar-refractivity contribution in [3.05, 3.63) is 52.5 Å². The van der Waals surface area contributed by atoms with Crippen LogP contribution in [0.4, 0.5) is 5.69 Å². The van der Waals surface area contributed by atoms with Gasteiger partial charge < -0.3 is 14.8 Å². The highest BCUT2D eigenvalue weighted by Crippen LogP contribution is 2.34. The zero-order valence-corrected chi connectivity index (χ0v) is 14.8. The van der Waals surface area contributed by atoms with Crippen molar-refractivity contribution in [2.75, 3.05) is 11.9 Å². The van der Waals surface area contributed by atoms with Crippen LogP contribution in [-0.4, -0.2) is 12.7 Å². The van der Waals surface area contributed by atoms with E-state index < -0.39 is 0 Å². The predicted molar refractivity (Wildman–Crippen MR) is 94.8 cm³/mol. The van der Waals surface area contributed by atoms with Crippen LogP contribution < -0.4 is 14.8 Å². The molecule has 0 aliphatic carbocycles. The van der Waals surface area contributed by atoms with Crippen molar-refractivity contribution in [1.82, 2.24) is 0 Å². The summed E-state index contributed by atoms with van der Waals surface area (Å²) in [7, 11) is 0. The van der Waals surface area contributed by atoms with Crippen molar-refractivity contribution in [2.24, 2.45) is 0 Å². The summed E-state index contributed by atoms with van der Waals surface area (Å²) in [5.41, 5.74) is 2.22. The lowest BCUT2D eigenvalue weighted by molar-refractivity contribution is 0.223. The van der Waals surface area contributed by atoms with E-state index in [1.807, 2.05) is 63.2 Å². The summed E-state index contributed by atoms with van der Waals surface area (Å²) < 4.78 is 12.5. The molecule has 1 N–H and O–H groups in total. The number of nitrogens with one attached hydrogen (secondary N) is 1. The Morgan fingerprint density at radius 2 is 1.82 bits per heavy atom. The van der Waals surface area contributed by atoms with Gasteiger partial charge in [0.2, 0.25) is 0 Å². The minimum Gasteiger partial charge on any atom is -0.490 e. The van der Waals surface area contributed by atoms with Gasteiger partial charge in [0.05, 0.1) is 12.7 Å². The van der Waals surface area contributed by atoms with Crippen LogP contribution in [0.15, 0.2) is 46.9 Å². The summed E-state index contributed by atoms with van der Waals surface area (Å²) in [4.78, 5) is 0. The van der Waals surface area contributed by atoms with Crippen LogP contribution in [-0.2, 0) is 6.54 Å². The summed E-state index contributed by atoms with van der Waals surface area (Å²) >= 11 is 3.62. The summed E-state index contributed by atoms with van der Waals surface area (Å²) in [6, 6.07) is 14.1. The van der Waals surface area contributed by atoms with Gasteiger partial charge in [-0.2, -0.15) is 0 Å². The first-order chi connectivity index (χ1) is 10.6. The molecule has 2 aromatic carbocycles. The Labute approximate surface area is 140 Å². The summed E-state index contributed by atoms with van der Waals surface area (Å²) in [5.74, 6) is 1.55. The summed E-state index contributed by atoms with van der Waals surface area (Å²) in [5, 5.41) is 3.40. The number of rotatable bonds is 7. The molecule has 0 aliphatic rings. The highest BCUT2D eigenvalue weighted by Gasteiger charge is 2.12. The fourth-order valence-corrected chi connectivity index (χ4v) is 2.54. The van der Waals surface area contributed by atoms with Gasteiger partial charge in [-0.15, -0.1) is 0 Å². The number of benzene rings is 2. The second-order valence-electron chi connectivity index (χ2n) is 5.21. The number of halogens is 1. The quantitative estimate of drug-likeness (QED) is 0.728. The molecule has 0 bridgehead atoms. The first-order valence-corrected chi connectivity index (χ1v) is 8.30. The van der Waals surface area contributed by atoms with Crippen molar-refractivity contribution in [2.45, 2.75) is 33.4 Å². The van der Waals surface area contributed by atoms with E-state index in [4.69, 9.17) is 9.47 Å². The fourth-order valence-electron chi connectivity index (χ4n) is 2.08. The maximum absolute atomic E-state index is 5.82. The van der Waals surface area contributed by atoms with Crippen molar-refractivity contribution < 1.29 is 9.47 Å². The maximum atomic E-state index is 5.82. The Morgan fingerprint density at radius 1 is 1.09 bits per heavy atom. The van der Waals surface area contributed by atoms with Crippen LogP contribution in [0.2, 0.25) is 0 Å². The van der Waals surface area contributed by atoms with E-state index in [1.165, 1.54) is 0 Å². The van der Waals surface area contributed by atoms with E-state index >= 15 is 0 Å². The number of hydrogen-bond donors (Lipinski definition) is 1. The van der Waals surface area contributed by atoms with E-state index in [0.29, 0.717) is 13.2 Å². The number of anilines is 1. The van der Waals surface area contributed by atoms with E-state index in [0.717, 1.165) is 27.2 Å². The molecule has 0 fully saturated rings. The first kappa shape index (κ1) is 16.7. The van der Waals surface area contributed by atoms with Crippen molar-refractivity contribution in [1.29, 1.82) is 0 Å². The molecule has 0 amide bonds. The van der Waals surface area contributed by atoms with Crippen LogP contribution in [0.3, 0.4) is 0 Å². The number of ether oxygens (including phenoxy) is 2. The molecule has 3 nitrogen and oxygen atoms in total. The summed E-state index contributed by atoms with van der Waals surface area (Å²) in [6.07, 6.45) is 0.111. The molecule has 0 aromatic heterocycles. The normalized spacial score (nSPS) is 10.6. The second kappa shape index (κ2) is 8.08. The molecule has 0 saturated carbocycles. The lowest BCUT2D eigenvalue weighted by Gasteiger charge is -2.17. The number of para-hydroxylation sites is 1. The minimum absolute atomic E-state index is 0.111. The Kier molecular flexibility index (Phi) is 6.13. The topological polar surface area (TPSA) is 30.5 Å². The van der Waals surface area contributed by atoms with Gasteiger partial charge in [-0.1, -0.05) is 34.1 Å². The van der Waals surface area contributed by atoms with Gasteiger partial charge in [-0.05, 0) is 50.6 Å². The second-order valence-corrected chi connectivity index (χ2v) is 6.06. The van der Waals surface area contributed by atoms with Crippen LogP contribution in [0.5, 0.6) is 11.5 Å². The van der Waals surface area contributed by atoms with Gasteiger partial charge in [0.1, 0.15) is 0 Å². The highest BCUT2D eigenvalue weighted by molar-refractivity contribution is 9.10. The Morgan fingerprint density at radius 3 is 2.45 bits per heavy atom. The molecule has 118 valence electrons. The molecule has 0 saturated heterocycles. The zero-order chi connectivity index (χ0) is 15.9. The highest BCUT2D eigenvalue weighted by atomic mass is 79.9. The van der Waals surface area contributed by atoms with Crippen molar-refractivity contribution >= 4 is 21.6 Å². The monoisotopic (exact) mass is 363 g/mol. The van der Waals surface area contributed by atoms with Gasteiger partial charge in [0, 0.05) is 16.7 Å². The fraction of sp³-hybridized carbons (Fsp3) is 0.333. The molecule has 2 aromatic rings. The standard InChI is InChI=1S/C18H22BrNO2/c1-4-21-17-10-14(12-20-15-8-6-5-7-9-15)16(19)11-18(17)22-13(2)3/h5-11,13,20H,4,12H2,1-3H3. The molecule has 0 radical (unpaired) electrons. The lowest BCUT2D eigenvalue weighted by atomic mass is 10.2.